The largest absolute Gasteiger partial charge is 0.493 e. The number of rotatable bonds is 4. The topological polar surface area (TPSA) is 103 Å². The lowest BCUT2D eigenvalue weighted by Gasteiger charge is -2.26. The summed E-state index contributed by atoms with van der Waals surface area (Å²) in [5, 5.41) is 0.205. The van der Waals surface area contributed by atoms with E-state index in [0.717, 1.165) is 36.1 Å². The zero-order valence-electron chi connectivity index (χ0n) is 16.5. The van der Waals surface area contributed by atoms with E-state index in [1.807, 2.05) is 18.2 Å². The molecule has 8 heteroatoms. The van der Waals surface area contributed by atoms with E-state index in [9.17, 15) is 14.4 Å². The second-order valence-electron chi connectivity index (χ2n) is 7.71. The number of fused-ring (bicyclic) bond motifs is 2. The number of aromatic nitrogens is 3. The third-order valence-electron chi connectivity index (χ3n) is 5.64. The number of pyridine rings is 1. The van der Waals surface area contributed by atoms with Crippen molar-refractivity contribution in [3.63, 3.8) is 0 Å². The maximum absolute atomic E-state index is 12.8. The zero-order chi connectivity index (χ0) is 20.8. The lowest BCUT2D eigenvalue weighted by atomic mass is 9.99. The van der Waals surface area contributed by atoms with Crippen LogP contribution in [0, 0.1) is 0 Å². The van der Waals surface area contributed by atoms with Crippen molar-refractivity contribution in [3.8, 4) is 5.75 Å². The molecule has 5 rings (SSSR count). The Labute approximate surface area is 171 Å². The van der Waals surface area contributed by atoms with Crippen LogP contribution in [0.15, 0.2) is 40.1 Å². The van der Waals surface area contributed by atoms with Crippen LogP contribution in [-0.2, 0) is 11.2 Å². The molecular formula is C22H21N3O5. The number of ether oxygens (including phenoxy) is 2. The summed E-state index contributed by atoms with van der Waals surface area (Å²) < 4.78 is 12.9. The predicted molar refractivity (Wildman–Crippen MR) is 109 cm³/mol. The number of nitrogens with zero attached hydrogens (tertiary/aromatic N) is 2. The smallest absolute Gasteiger partial charge is 0.340 e. The molecule has 1 saturated carbocycles. The minimum Gasteiger partial charge on any atom is -0.493 e. The van der Waals surface area contributed by atoms with E-state index in [1.54, 1.807) is 0 Å². The monoisotopic (exact) mass is 407 g/mol. The van der Waals surface area contributed by atoms with Gasteiger partial charge in [-0.05, 0) is 43.0 Å². The van der Waals surface area contributed by atoms with E-state index in [0.29, 0.717) is 18.7 Å². The van der Waals surface area contributed by atoms with Crippen molar-refractivity contribution in [1.82, 2.24) is 14.5 Å². The molecular weight excluding hydrogens is 386 g/mol. The van der Waals surface area contributed by atoms with Gasteiger partial charge in [-0.15, -0.1) is 0 Å². The van der Waals surface area contributed by atoms with E-state index >= 15 is 0 Å². The summed E-state index contributed by atoms with van der Waals surface area (Å²) in [5.74, 6) is 0.158. The van der Waals surface area contributed by atoms with Gasteiger partial charge >= 0.3 is 11.7 Å². The van der Waals surface area contributed by atoms with Gasteiger partial charge in [0.05, 0.1) is 17.6 Å². The maximum atomic E-state index is 12.8. The fraction of sp³-hybridized carbons (Fsp3) is 0.364. The third-order valence-corrected chi connectivity index (χ3v) is 5.64. The first-order valence-electron chi connectivity index (χ1n) is 10.2. The second-order valence-corrected chi connectivity index (χ2v) is 7.71. The summed E-state index contributed by atoms with van der Waals surface area (Å²) in [7, 11) is 0. The number of aromatic amines is 1. The number of carbonyl (C=O) groups excluding carboxylic acids is 1. The van der Waals surface area contributed by atoms with Crippen LogP contribution in [0.1, 0.15) is 59.8 Å². The second kappa shape index (κ2) is 7.12. The molecule has 8 nitrogen and oxygen atoms in total. The standard InChI is InChI=1S/C22H21N3O5/c1-2-12-3-6-17-15(9-12)18(7-8-29-17)30-21(27)13-10-16-19(23-11-13)25(14-4-5-14)22(28)24-20(16)26/h3,6,9-11,14,18H,2,4-5,7-8H2,1H3,(H,24,26,28)/t18-/m1/s1. The van der Waals surface area contributed by atoms with Crippen LogP contribution in [-0.4, -0.2) is 27.1 Å². The Hall–Kier alpha value is -3.42. The molecule has 3 heterocycles. The van der Waals surface area contributed by atoms with E-state index in [4.69, 9.17) is 9.47 Å². The molecule has 154 valence electrons. The van der Waals surface area contributed by atoms with Crippen LogP contribution < -0.4 is 16.0 Å². The van der Waals surface area contributed by atoms with Crippen molar-refractivity contribution >= 4 is 17.0 Å². The minimum absolute atomic E-state index is 0.0497. The van der Waals surface area contributed by atoms with Gasteiger partial charge in [0, 0.05) is 24.2 Å². The van der Waals surface area contributed by atoms with Crippen LogP contribution in [0.3, 0.4) is 0 Å². The summed E-state index contributed by atoms with van der Waals surface area (Å²) in [6.07, 6.45) is 4.10. The highest BCUT2D eigenvalue weighted by Crippen LogP contribution is 2.36. The first kappa shape index (κ1) is 18.6. The van der Waals surface area contributed by atoms with Gasteiger partial charge in [0.15, 0.2) is 0 Å². The molecule has 1 fully saturated rings. The Balaban J connectivity index is 1.48. The molecule has 1 atom stereocenters. The first-order chi connectivity index (χ1) is 14.5. The van der Waals surface area contributed by atoms with E-state index < -0.39 is 23.3 Å². The van der Waals surface area contributed by atoms with Crippen LogP contribution in [0.2, 0.25) is 0 Å². The van der Waals surface area contributed by atoms with Gasteiger partial charge in [0.1, 0.15) is 17.5 Å². The first-order valence-corrected chi connectivity index (χ1v) is 10.2. The highest BCUT2D eigenvalue weighted by Gasteiger charge is 2.29. The van der Waals surface area contributed by atoms with Crippen molar-refractivity contribution < 1.29 is 14.3 Å². The average Bonchev–Trinajstić information content (AvgIpc) is 3.58. The quantitative estimate of drug-likeness (QED) is 0.667. The van der Waals surface area contributed by atoms with Gasteiger partial charge in [-0.1, -0.05) is 13.0 Å². The van der Waals surface area contributed by atoms with E-state index in [1.165, 1.54) is 16.8 Å². The minimum atomic E-state index is -0.562. The Morgan fingerprint density at radius 3 is 2.87 bits per heavy atom. The summed E-state index contributed by atoms with van der Waals surface area (Å²) in [6.45, 7) is 2.52. The summed E-state index contributed by atoms with van der Waals surface area (Å²) in [6, 6.07) is 7.41. The number of aryl methyl sites for hydroxylation is 1. The molecule has 0 unspecified atom stereocenters. The molecule has 2 aliphatic rings. The molecule has 1 N–H and O–H groups in total. The van der Waals surface area contributed by atoms with Crippen molar-refractivity contribution in [2.24, 2.45) is 0 Å². The van der Waals surface area contributed by atoms with Crippen molar-refractivity contribution in [2.45, 2.75) is 44.8 Å². The number of esters is 1. The Bertz CT molecular complexity index is 1270. The summed E-state index contributed by atoms with van der Waals surface area (Å²) >= 11 is 0. The van der Waals surface area contributed by atoms with Gasteiger partial charge in [0.2, 0.25) is 0 Å². The fourth-order valence-corrected chi connectivity index (χ4v) is 3.87. The highest BCUT2D eigenvalue weighted by atomic mass is 16.6. The summed E-state index contributed by atoms with van der Waals surface area (Å²) in [5.41, 5.74) is 1.43. The molecule has 2 aromatic heterocycles. The molecule has 0 bridgehead atoms. The number of hydrogen-bond acceptors (Lipinski definition) is 6. The van der Waals surface area contributed by atoms with Crippen molar-refractivity contribution in [1.29, 1.82) is 0 Å². The van der Waals surface area contributed by atoms with Crippen LogP contribution in [0.5, 0.6) is 5.75 Å². The highest BCUT2D eigenvalue weighted by molar-refractivity contribution is 5.93. The van der Waals surface area contributed by atoms with E-state index in [2.05, 4.69) is 16.9 Å². The molecule has 1 aliphatic heterocycles. The van der Waals surface area contributed by atoms with Gasteiger partial charge < -0.3 is 9.47 Å². The average molecular weight is 407 g/mol. The van der Waals surface area contributed by atoms with Gasteiger partial charge in [0.25, 0.3) is 5.56 Å². The molecule has 0 spiro atoms. The summed E-state index contributed by atoms with van der Waals surface area (Å²) in [4.78, 5) is 43.9. The Morgan fingerprint density at radius 1 is 1.27 bits per heavy atom. The van der Waals surface area contributed by atoms with Gasteiger partial charge in [-0.2, -0.15) is 0 Å². The zero-order valence-corrected chi connectivity index (χ0v) is 16.5. The maximum Gasteiger partial charge on any atom is 0.340 e. The van der Waals surface area contributed by atoms with Crippen LogP contribution in [0.25, 0.3) is 11.0 Å². The molecule has 1 aliphatic carbocycles. The Kier molecular flexibility index (Phi) is 4.42. The lowest BCUT2D eigenvalue weighted by molar-refractivity contribution is 0.0192. The molecule has 0 amide bonds. The lowest BCUT2D eigenvalue weighted by Crippen LogP contribution is -2.30. The number of carbonyl (C=O) groups is 1. The third kappa shape index (κ3) is 3.18. The number of H-pyrrole nitrogens is 1. The molecule has 1 aromatic carbocycles. The van der Waals surface area contributed by atoms with E-state index in [-0.39, 0.29) is 17.0 Å². The number of benzene rings is 1. The number of hydrogen-bond donors (Lipinski definition) is 1. The van der Waals surface area contributed by atoms with Gasteiger partial charge in [-0.25, -0.2) is 14.6 Å². The van der Waals surface area contributed by atoms with Gasteiger partial charge in [-0.3, -0.25) is 14.3 Å². The van der Waals surface area contributed by atoms with Crippen LogP contribution >= 0.6 is 0 Å². The number of nitrogens with one attached hydrogen (secondary N) is 1. The normalized spacial score (nSPS) is 18.0. The van der Waals surface area contributed by atoms with Crippen molar-refractivity contribution in [2.75, 3.05) is 6.61 Å². The van der Waals surface area contributed by atoms with Crippen molar-refractivity contribution in [3.05, 3.63) is 68.0 Å². The molecule has 0 saturated heterocycles. The molecule has 3 aromatic rings. The Morgan fingerprint density at radius 2 is 2.10 bits per heavy atom. The fourth-order valence-electron chi connectivity index (χ4n) is 3.87. The van der Waals surface area contributed by atoms with Crippen LogP contribution in [0.4, 0.5) is 0 Å². The molecule has 30 heavy (non-hydrogen) atoms. The SMILES string of the molecule is CCc1ccc2c(c1)[C@H](OC(=O)c1cnc3c(c1)c(=O)[nH]c(=O)n3C1CC1)CCO2. The predicted octanol–water partition coefficient (Wildman–Crippen LogP) is 2.66. The molecule has 0 radical (unpaired) electrons.